The van der Waals surface area contributed by atoms with E-state index in [0.717, 1.165) is 30.0 Å². The molecular weight excluding hydrogens is 272 g/mol. The lowest BCUT2D eigenvalue weighted by molar-refractivity contribution is 0.304. The first-order valence-corrected chi connectivity index (χ1v) is 8.62. The number of unbranched alkanes of at least 4 members (excludes halogenated alkanes) is 7. The molecule has 0 aliphatic heterocycles. The minimum atomic E-state index is 0.818. The number of benzene rings is 1. The molecule has 0 aliphatic rings. The van der Waals surface area contributed by atoms with E-state index in [4.69, 9.17) is 4.74 Å². The Balaban J connectivity index is 1.56. The molecule has 0 saturated heterocycles. The van der Waals surface area contributed by atoms with Gasteiger partial charge in [0.05, 0.1) is 24.8 Å². The van der Waals surface area contributed by atoms with Crippen molar-refractivity contribution < 1.29 is 4.74 Å². The first kappa shape index (κ1) is 16.6. The third-order valence-corrected chi connectivity index (χ3v) is 3.93. The first-order valence-electron chi connectivity index (χ1n) is 8.62. The average molecular weight is 300 g/mol. The van der Waals surface area contributed by atoms with Gasteiger partial charge in [0.15, 0.2) is 0 Å². The van der Waals surface area contributed by atoms with Crippen LogP contribution in [0, 0.1) is 0 Å². The van der Waals surface area contributed by atoms with E-state index in [9.17, 15) is 0 Å². The second-order valence-electron chi connectivity index (χ2n) is 5.81. The summed E-state index contributed by atoms with van der Waals surface area (Å²) in [6.45, 7) is 3.08. The van der Waals surface area contributed by atoms with Gasteiger partial charge < -0.3 is 9.72 Å². The van der Waals surface area contributed by atoms with Gasteiger partial charge in [-0.3, -0.25) is 0 Å². The lowest BCUT2D eigenvalue weighted by Gasteiger charge is -2.07. The average Bonchev–Trinajstić information content (AvgIpc) is 3.08. The number of H-pyrrole nitrogens is 1. The van der Waals surface area contributed by atoms with Gasteiger partial charge in [-0.1, -0.05) is 51.9 Å². The fourth-order valence-electron chi connectivity index (χ4n) is 2.57. The number of ether oxygens (including phenoxy) is 1. The summed E-state index contributed by atoms with van der Waals surface area (Å²) in [5.74, 6) is 0.950. The maximum atomic E-state index is 5.80. The highest BCUT2D eigenvalue weighted by Crippen LogP contribution is 2.20. The number of aromatic amines is 1. The Morgan fingerprint density at radius 3 is 2.23 bits per heavy atom. The van der Waals surface area contributed by atoms with Crippen molar-refractivity contribution in [1.82, 2.24) is 9.97 Å². The van der Waals surface area contributed by atoms with Gasteiger partial charge in [0.2, 0.25) is 0 Å². The second kappa shape index (κ2) is 10.0. The molecule has 0 aliphatic carbocycles. The lowest BCUT2D eigenvalue weighted by atomic mass is 10.1. The van der Waals surface area contributed by atoms with Crippen molar-refractivity contribution in [3.05, 3.63) is 36.8 Å². The maximum Gasteiger partial charge on any atom is 0.119 e. The molecule has 1 N–H and O–H groups in total. The highest BCUT2D eigenvalue weighted by atomic mass is 16.5. The molecule has 1 aromatic heterocycles. The standard InChI is InChI=1S/C19H28N2O/c1-2-3-4-5-6-7-8-9-14-22-18-12-10-17(11-13-18)19-15-20-16-21-19/h10-13,15-16H,2-9,14H2,1H3,(H,20,21). The van der Waals surface area contributed by atoms with Crippen molar-refractivity contribution >= 4 is 0 Å². The topological polar surface area (TPSA) is 37.9 Å². The molecule has 0 spiro atoms. The van der Waals surface area contributed by atoms with Crippen molar-refractivity contribution in [2.75, 3.05) is 6.61 Å². The third kappa shape index (κ3) is 5.92. The SMILES string of the molecule is CCCCCCCCCCOc1ccc(-c2cnc[nH]2)cc1. The van der Waals surface area contributed by atoms with E-state index in [0.29, 0.717) is 0 Å². The predicted octanol–water partition coefficient (Wildman–Crippen LogP) is 5.60. The van der Waals surface area contributed by atoms with E-state index >= 15 is 0 Å². The molecule has 0 unspecified atom stereocenters. The molecule has 0 radical (unpaired) electrons. The third-order valence-electron chi connectivity index (χ3n) is 3.93. The minimum absolute atomic E-state index is 0.818. The van der Waals surface area contributed by atoms with E-state index < -0.39 is 0 Å². The Morgan fingerprint density at radius 1 is 0.909 bits per heavy atom. The molecule has 0 amide bonds. The van der Waals surface area contributed by atoms with Gasteiger partial charge in [-0.25, -0.2) is 4.98 Å². The van der Waals surface area contributed by atoms with E-state index in [1.165, 1.54) is 44.9 Å². The minimum Gasteiger partial charge on any atom is -0.494 e. The molecule has 0 fully saturated rings. The van der Waals surface area contributed by atoms with E-state index in [1.807, 2.05) is 18.3 Å². The Bertz CT molecular complexity index is 491. The number of rotatable bonds is 11. The van der Waals surface area contributed by atoms with Crippen LogP contribution in [-0.2, 0) is 0 Å². The van der Waals surface area contributed by atoms with Crippen LogP contribution in [-0.4, -0.2) is 16.6 Å². The van der Waals surface area contributed by atoms with Crippen molar-refractivity contribution in [2.45, 2.75) is 58.3 Å². The molecule has 22 heavy (non-hydrogen) atoms. The molecule has 2 rings (SSSR count). The zero-order chi connectivity index (χ0) is 15.5. The van der Waals surface area contributed by atoms with E-state index in [1.54, 1.807) is 6.33 Å². The van der Waals surface area contributed by atoms with Gasteiger partial charge in [-0.2, -0.15) is 0 Å². The molecule has 0 bridgehead atoms. The molecule has 120 valence electrons. The fraction of sp³-hybridized carbons (Fsp3) is 0.526. The van der Waals surface area contributed by atoms with Crippen LogP contribution in [0.5, 0.6) is 5.75 Å². The summed E-state index contributed by atoms with van der Waals surface area (Å²) < 4.78 is 5.80. The molecule has 0 atom stereocenters. The summed E-state index contributed by atoms with van der Waals surface area (Å²) in [5.41, 5.74) is 2.17. The van der Waals surface area contributed by atoms with Crippen LogP contribution in [0.2, 0.25) is 0 Å². The number of aromatic nitrogens is 2. The molecule has 2 aromatic rings. The van der Waals surface area contributed by atoms with Gasteiger partial charge in [-0.05, 0) is 36.2 Å². The number of hydrogen-bond acceptors (Lipinski definition) is 2. The smallest absolute Gasteiger partial charge is 0.119 e. The summed E-state index contributed by atoms with van der Waals surface area (Å²) >= 11 is 0. The number of nitrogens with zero attached hydrogens (tertiary/aromatic N) is 1. The highest BCUT2D eigenvalue weighted by Gasteiger charge is 1.99. The molecule has 1 heterocycles. The van der Waals surface area contributed by atoms with E-state index in [-0.39, 0.29) is 0 Å². The predicted molar refractivity (Wildman–Crippen MR) is 92.1 cm³/mol. The second-order valence-corrected chi connectivity index (χ2v) is 5.81. The highest BCUT2D eigenvalue weighted by molar-refractivity contribution is 5.58. The number of hydrogen-bond donors (Lipinski definition) is 1. The molecular formula is C19H28N2O. The molecule has 1 aromatic carbocycles. The summed E-state index contributed by atoms with van der Waals surface area (Å²) in [5, 5.41) is 0. The zero-order valence-corrected chi connectivity index (χ0v) is 13.7. The van der Waals surface area contributed by atoms with Crippen LogP contribution in [0.1, 0.15) is 58.3 Å². The summed E-state index contributed by atoms with van der Waals surface area (Å²) in [6, 6.07) is 8.19. The largest absolute Gasteiger partial charge is 0.494 e. The zero-order valence-electron chi connectivity index (χ0n) is 13.7. The number of nitrogens with one attached hydrogen (secondary N) is 1. The molecule has 0 saturated carbocycles. The normalized spacial score (nSPS) is 10.8. The lowest BCUT2D eigenvalue weighted by Crippen LogP contribution is -1.97. The summed E-state index contributed by atoms with van der Waals surface area (Å²) in [6.07, 6.45) is 14.2. The van der Waals surface area contributed by atoms with Crippen molar-refractivity contribution in [1.29, 1.82) is 0 Å². The van der Waals surface area contributed by atoms with Crippen molar-refractivity contribution in [3.8, 4) is 17.0 Å². The number of imidazole rings is 1. The Hall–Kier alpha value is -1.77. The molecule has 3 heteroatoms. The summed E-state index contributed by atoms with van der Waals surface area (Å²) in [7, 11) is 0. The first-order chi connectivity index (χ1) is 10.9. The Morgan fingerprint density at radius 2 is 1.59 bits per heavy atom. The van der Waals surface area contributed by atoms with Gasteiger partial charge in [0, 0.05) is 0 Å². The van der Waals surface area contributed by atoms with Crippen molar-refractivity contribution in [2.24, 2.45) is 0 Å². The van der Waals surface area contributed by atoms with Crippen LogP contribution in [0.15, 0.2) is 36.8 Å². The van der Waals surface area contributed by atoms with E-state index in [2.05, 4.69) is 29.0 Å². The van der Waals surface area contributed by atoms with Crippen LogP contribution < -0.4 is 4.74 Å². The van der Waals surface area contributed by atoms with Gasteiger partial charge >= 0.3 is 0 Å². The van der Waals surface area contributed by atoms with Crippen LogP contribution >= 0.6 is 0 Å². The van der Waals surface area contributed by atoms with Crippen LogP contribution in [0.25, 0.3) is 11.3 Å². The van der Waals surface area contributed by atoms with Gasteiger partial charge in [-0.15, -0.1) is 0 Å². The van der Waals surface area contributed by atoms with Crippen LogP contribution in [0.4, 0.5) is 0 Å². The fourth-order valence-corrected chi connectivity index (χ4v) is 2.57. The summed E-state index contributed by atoms with van der Waals surface area (Å²) in [4.78, 5) is 7.14. The molecule has 3 nitrogen and oxygen atoms in total. The maximum absolute atomic E-state index is 5.80. The Kier molecular flexibility index (Phi) is 7.57. The van der Waals surface area contributed by atoms with Gasteiger partial charge in [0.1, 0.15) is 5.75 Å². The van der Waals surface area contributed by atoms with Crippen LogP contribution in [0.3, 0.4) is 0 Å². The monoisotopic (exact) mass is 300 g/mol. The Labute approximate surface area is 134 Å². The van der Waals surface area contributed by atoms with Gasteiger partial charge in [0.25, 0.3) is 0 Å². The van der Waals surface area contributed by atoms with Crippen molar-refractivity contribution in [3.63, 3.8) is 0 Å². The quantitative estimate of drug-likeness (QED) is 0.549.